The predicted molar refractivity (Wildman–Crippen MR) is 130 cm³/mol. The van der Waals surface area contributed by atoms with Gasteiger partial charge in [-0.3, -0.25) is 5.10 Å². The molecule has 0 aliphatic heterocycles. The SMILES string of the molecule is CCOC(=S)[S-].Nc1ccc2[nH]ncc2c1N.S=c1nc2c(ccc3[nH][nH]cc32)[nH]1.[K+]. The zero-order chi connectivity index (χ0) is 21.7. The minimum Gasteiger partial charge on any atom is -0.514 e. The first-order chi connectivity index (χ1) is 14.4. The van der Waals surface area contributed by atoms with Crippen molar-refractivity contribution >= 4 is 85.7 Å². The maximum atomic E-state index is 5.68. The molecular weight excluding hydrogens is 480 g/mol. The number of thiocarbonyl (C=S) groups is 1. The minimum atomic E-state index is 0. The molecule has 0 fully saturated rings. The monoisotopic (exact) mass is 498 g/mol. The molecule has 0 saturated carbocycles. The third kappa shape index (κ3) is 6.46. The van der Waals surface area contributed by atoms with Crippen molar-refractivity contribution in [3.05, 3.63) is 41.4 Å². The van der Waals surface area contributed by atoms with Crippen LogP contribution in [0.15, 0.2) is 36.7 Å². The van der Waals surface area contributed by atoms with Crippen LogP contribution in [-0.4, -0.2) is 41.4 Å². The third-order valence-corrected chi connectivity index (χ3v) is 4.49. The first kappa shape index (κ1) is 25.7. The van der Waals surface area contributed by atoms with Gasteiger partial charge in [0.1, 0.15) is 5.52 Å². The van der Waals surface area contributed by atoms with E-state index >= 15 is 0 Å². The van der Waals surface area contributed by atoms with Crippen LogP contribution in [0.25, 0.3) is 32.8 Å². The fourth-order valence-corrected chi connectivity index (χ4v) is 3.13. The smallest absolute Gasteiger partial charge is 0.514 e. The number of H-pyrrole nitrogens is 4. The summed E-state index contributed by atoms with van der Waals surface area (Å²) in [4.78, 5) is 7.25. The number of aromatic amines is 4. The van der Waals surface area contributed by atoms with Gasteiger partial charge in [0.05, 0.1) is 40.7 Å². The Hall–Kier alpha value is -1.58. The average Bonchev–Trinajstić information content (AvgIpc) is 3.43. The molecule has 5 aromatic rings. The maximum absolute atomic E-state index is 5.68. The predicted octanol–water partition coefficient (Wildman–Crippen LogP) is 0.688. The Morgan fingerprint density at radius 2 is 1.84 bits per heavy atom. The summed E-state index contributed by atoms with van der Waals surface area (Å²) in [5, 5.41) is 14.5. The molecule has 0 atom stereocenters. The number of hydrogen-bond acceptors (Lipinski definition) is 8. The summed E-state index contributed by atoms with van der Waals surface area (Å²) in [6.45, 7) is 2.43. The number of fused-ring (bicyclic) bond motifs is 4. The first-order valence-corrected chi connectivity index (χ1v) is 9.98. The number of anilines is 2. The molecule has 0 aliphatic rings. The average molecular weight is 499 g/mol. The van der Waals surface area contributed by atoms with Crippen molar-refractivity contribution in [2.45, 2.75) is 6.92 Å². The van der Waals surface area contributed by atoms with Crippen molar-refractivity contribution in [1.29, 1.82) is 0 Å². The summed E-state index contributed by atoms with van der Waals surface area (Å²) in [6.07, 6.45) is 3.55. The fourth-order valence-electron chi connectivity index (χ4n) is 2.69. The molecule has 156 valence electrons. The number of nitrogens with two attached hydrogens (primary N) is 2. The molecule has 3 aromatic heterocycles. The Bertz CT molecular complexity index is 1360. The van der Waals surface area contributed by atoms with E-state index in [0.29, 0.717) is 22.8 Å². The number of hydrogen-bond donors (Lipinski definition) is 6. The van der Waals surface area contributed by atoms with Crippen molar-refractivity contribution in [2.75, 3.05) is 18.1 Å². The quantitative estimate of drug-likeness (QED) is 0.0855. The van der Waals surface area contributed by atoms with Crippen LogP contribution in [0, 0.1) is 4.77 Å². The van der Waals surface area contributed by atoms with E-state index < -0.39 is 0 Å². The summed E-state index contributed by atoms with van der Waals surface area (Å²) < 4.78 is 5.33. The van der Waals surface area contributed by atoms with Gasteiger partial charge in [-0.05, 0) is 43.4 Å². The number of nitrogens with one attached hydrogen (secondary N) is 4. The van der Waals surface area contributed by atoms with E-state index in [0.717, 1.165) is 32.8 Å². The van der Waals surface area contributed by atoms with Gasteiger partial charge in [-0.25, -0.2) is 4.98 Å². The number of ether oxygens (including phenoxy) is 1. The second-order valence-corrected chi connectivity index (χ2v) is 7.35. The van der Waals surface area contributed by atoms with Gasteiger partial charge in [0.2, 0.25) is 0 Å². The van der Waals surface area contributed by atoms with Crippen LogP contribution in [0.2, 0.25) is 0 Å². The number of benzene rings is 2. The van der Waals surface area contributed by atoms with Crippen LogP contribution in [0.3, 0.4) is 0 Å². The van der Waals surface area contributed by atoms with Crippen LogP contribution in [0.4, 0.5) is 11.4 Å². The molecule has 5 rings (SSSR count). The van der Waals surface area contributed by atoms with Crippen LogP contribution in [0.5, 0.6) is 0 Å². The van der Waals surface area contributed by atoms with Crippen LogP contribution in [-0.2, 0) is 17.4 Å². The van der Waals surface area contributed by atoms with Gasteiger partial charge in [0.25, 0.3) is 0 Å². The molecule has 0 saturated heterocycles. The van der Waals surface area contributed by atoms with Crippen molar-refractivity contribution in [2.24, 2.45) is 0 Å². The Morgan fingerprint density at radius 1 is 1.13 bits per heavy atom. The Balaban J connectivity index is 0.000000174. The molecule has 0 aliphatic carbocycles. The minimum absolute atomic E-state index is 0. The zero-order valence-electron chi connectivity index (χ0n) is 16.9. The normalized spacial score (nSPS) is 9.97. The van der Waals surface area contributed by atoms with Crippen LogP contribution >= 0.6 is 24.4 Å². The first-order valence-electron chi connectivity index (χ1n) is 8.76. The van der Waals surface area contributed by atoms with Gasteiger partial charge in [0, 0.05) is 21.4 Å². The van der Waals surface area contributed by atoms with Crippen molar-refractivity contribution in [3.8, 4) is 0 Å². The van der Waals surface area contributed by atoms with Crippen molar-refractivity contribution in [3.63, 3.8) is 0 Å². The zero-order valence-corrected chi connectivity index (χ0v) is 22.4. The number of imidazole rings is 1. The molecule has 0 unspecified atom stereocenters. The number of aromatic nitrogens is 6. The van der Waals surface area contributed by atoms with Crippen LogP contribution < -0.4 is 62.9 Å². The Labute approximate surface area is 235 Å². The molecule has 0 amide bonds. The van der Waals surface area contributed by atoms with E-state index in [4.69, 9.17) is 23.7 Å². The largest absolute Gasteiger partial charge is 1.00 e. The summed E-state index contributed by atoms with van der Waals surface area (Å²) in [5.74, 6) is 0. The molecule has 3 heterocycles. The molecule has 13 heteroatoms. The topological polar surface area (TPSA) is 150 Å². The molecule has 2 aromatic carbocycles. The second kappa shape index (κ2) is 11.9. The molecular formula is C18H19KN8OS3. The number of nitrogen functional groups attached to an aromatic ring is 2. The molecule has 0 bridgehead atoms. The van der Waals surface area contributed by atoms with Gasteiger partial charge < -0.3 is 56.2 Å². The Kier molecular flexibility index (Phi) is 9.83. The Morgan fingerprint density at radius 3 is 2.52 bits per heavy atom. The van der Waals surface area contributed by atoms with E-state index in [9.17, 15) is 0 Å². The summed E-state index contributed by atoms with van der Waals surface area (Å²) in [5.41, 5.74) is 16.3. The third-order valence-electron chi connectivity index (χ3n) is 4.06. The summed E-state index contributed by atoms with van der Waals surface area (Å²) in [7, 11) is 0. The van der Waals surface area contributed by atoms with Gasteiger partial charge >= 0.3 is 51.4 Å². The number of nitrogens with zero attached hydrogens (tertiary/aromatic N) is 2. The summed E-state index contributed by atoms with van der Waals surface area (Å²) >= 11 is 13.7. The molecule has 0 spiro atoms. The van der Waals surface area contributed by atoms with E-state index in [1.807, 2.05) is 31.3 Å². The van der Waals surface area contributed by atoms with Gasteiger partial charge in [-0.15, -0.1) is 0 Å². The van der Waals surface area contributed by atoms with Crippen LogP contribution in [0.1, 0.15) is 6.92 Å². The maximum Gasteiger partial charge on any atom is 1.00 e. The van der Waals surface area contributed by atoms with E-state index in [2.05, 4.69) is 59.9 Å². The molecule has 0 radical (unpaired) electrons. The molecule has 9 nitrogen and oxygen atoms in total. The fraction of sp³-hybridized carbons (Fsp3) is 0.111. The van der Waals surface area contributed by atoms with E-state index in [-0.39, 0.29) is 55.8 Å². The summed E-state index contributed by atoms with van der Waals surface area (Å²) in [6, 6.07) is 7.57. The molecule has 31 heavy (non-hydrogen) atoms. The standard InChI is InChI=1S/C8H6N4S.C7H8N4.C3H6OS2.K/c13-8-10-6-2-1-5-4(3-9-12-5)7(6)11-8;8-5-1-2-6-4(7(5)9)3-10-11-6;1-2-4-3(5)6;/h1-3,9,12H,(H,10,13);1-3H,8-9H2,(H,10,11);2H2,1H3,(H,5,6);/q;;;+1/p-1. The van der Waals surface area contributed by atoms with Gasteiger partial charge in [-0.1, -0.05) is 0 Å². The van der Waals surface area contributed by atoms with E-state index in [1.165, 1.54) is 0 Å². The van der Waals surface area contributed by atoms with Gasteiger partial charge in [0.15, 0.2) is 4.77 Å². The number of rotatable bonds is 1. The molecule has 8 N–H and O–H groups in total. The van der Waals surface area contributed by atoms with E-state index in [1.54, 1.807) is 12.3 Å². The van der Waals surface area contributed by atoms with Crippen molar-refractivity contribution in [1.82, 2.24) is 30.4 Å². The van der Waals surface area contributed by atoms with Crippen molar-refractivity contribution < 1.29 is 56.1 Å². The second-order valence-electron chi connectivity index (χ2n) is 5.96. The van der Waals surface area contributed by atoms with Gasteiger partial charge in [-0.2, -0.15) is 5.10 Å².